The SMILES string of the molecule is COCP(=O)(OCOC(=O)C(C)(C)C)OC[C@H]1O[C@@H](n2cnc3c(N)ncnc32)[C@H](F)[C@@H]1OP(=O)(OCOC(=O)C(C)(C)C)OC[C@H]1O[C@@H](n2cnc3c(N)ncnc32)[C@H](F)[C@@H]1C. The largest absolute Gasteiger partial charge is 0.478 e. The summed E-state index contributed by atoms with van der Waals surface area (Å²) in [6, 6.07) is 0. The number of esters is 2. The molecule has 348 valence electrons. The van der Waals surface area contributed by atoms with E-state index in [9.17, 15) is 18.7 Å². The molecule has 2 unspecified atom stereocenters. The molecule has 0 aliphatic carbocycles. The number of anilines is 2. The Morgan fingerprint density at radius 3 is 1.75 bits per heavy atom. The van der Waals surface area contributed by atoms with Gasteiger partial charge in [-0.15, -0.1) is 0 Å². The van der Waals surface area contributed by atoms with Crippen LogP contribution in [0.3, 0.4) is 0 Å². The summed E-state index contributed by atoms with van der Waals surface area (Å²) in [6.45, 7) is 7.69. The number of methoxy groups -OCH3 is 1. The van der Waals surface area contributed by atoms with Crippen LogP contribution >= 0.6 is 15.4 Å². The molecule has 4 aromatic rings. The minimum absolute atomic E-state index is 0.0273. The summed E-state index contributed by atoms with van der Waals surface area (Å²) in [5.41, 5.74) is 10.5. The van der Waals surface area contributed by atoms with Gasteiger partial charge in [-0.3, -0.25) is 36.9 Å². The van der Waals surface area contributed by atoms with Crippen molar-refractivity contribution in [1.29, 1.82) is 0 Å². The molecule has 4 N–H and O–H groups in total. The van der Waals surface area contributed by atoms with Gasteiger partial charge in [0.2, 0.25) is 13.6 Å². The van der Waals surface area contributed by atoms with E-state index in [0.717, 1.165) is 10.9 Å². The number of rotatable bonds is 18. The number of ether oxygens (including phenoxy) is 5. The molecule has 63 heavy (non-hydrogen) atoms. The second-order valence-corrected chi connectivity index (χ2v) is 20.2. The number of imidazole rings is 2. The van der Waals surface area contributed by atoms with Crippen LogP contribution in [0.15, 0.2) is 25.3 Å². The van der Waals surface area contributed by atoms with Gasteiger partial charge >= 0.3 is 27.4 Å². The third-order valence-corrected chi connectivity index (χ3v) is 12.7. The highest BCUT2D eigenvalue weighted by molar-refractivity contribution is 7.53. The molecule has 2 aliphatic heterocycles. The Hall–Kier alpha value is -4.36. The zero-order valence-electron chi connectivity index (χ0n) is 35.6. The van der Waals surface area contributed by atoms with Gasteiger partial charge in [-0.05, 0) is 41.5 Å². The van der Waals surface area contributed by atoms with Crippen molar-refractivity contribution in [3.8, 4) is 0 Å². The Morgan fingerprint density at radius 2 is 1.22 bits per heavy atom. The summed E-state index contributed by atoms with van der Waals surface area (Å²) >= 11 is 0. The van der Waals surface area contributed by atoms with Crippen LogP contribution in [0.4, 0.5) is 20.4 Å². The molecule has 0 radical (unpaired) electrons. The number of halogens is 2. The van der Waals surface area contributed by atoms with E-state index in [4.69, 9.17) is 57.8 Å². The van der Waals surface area contributed by atoms with Gasteiger partial charge in [0.15, 0.2) is 47.7 Å². The Morgan fingerprint density at radius 1 is 0.730 bits per heavy atom. The maximum absolute atomic E-state index is 17.0. The van der Waals surface area contributed by atoms with Crippen molar-refractivity contribution in [2.45, 2.75) is 91.6 Å². The van der Waals surface area contributed by atoms with Crippen LogP contribution in [-0.2, 0) is 65.0 Å². The first-order chi connectivity index (χ1) is 29.6. The maximum Gasteiger partial charge on any atom is 0.478 e. The molecular weight excluding hydrogens is 884 g/mol. The van der Waals surface area contributed by atoms with Gasteiger partial charge in [0.05, 0.1) is 42.8 Å². The predicted octanol–water partition coefficient (Wildman–Crippen LogP) is 4.39. The summed E-state index contributed by atoms with van der Waals surface area (Å²) in [5.74, 6) is -2.33. The van der Waals surface area contributed by atoms with Gasteiger partial charge in [0.25, 0.3) is 0 Å². The van der Waals surface area contributed by atoms with Crippen LogP contribution in [0.5, 0.6) is 0 Å². The minimum atomic E-state index is -5.12. The Balaban J connectivity index is 1.27. The summed E-state index contributed by atoms with van der Waals surface area (Å²) < 4.78 is 119. The molecule has 2 aliphatic rings. The Labute approximate surface area is 359 Å². The van der Waals surface area contributed by atoms with E-state index in [1.54, 1.807) is 41.5 Å². The molecule has 28 heteroatoms. The van der Waals surface area contributed by atoms with E-state index in [0.29, 0.717) is 0 Å². The zero-order valence-corrected chi connectivity index (χ0v) is 37.4. The number of carbonyl (C=O) groups excluding carboxylic acids is 2. The molecule has 2 fully saturated rings. The van der Waals surface area contributed by atoms with Gasteiger partial charge in [0.1, 0.15) is 42.2 Å². The fourth-order valence-corrected chi connectivity index (χ4v) is 8.53. The van der Waals surface area contributed by atoms with Crippen LogP contribution in [0.2, 0.25) is 0 Å². The van der Waals surface area contributed by atoms with E-state index in [1.807, 2.05) is 0 Å². The van der Waals surface area contributed by atoms with Crippen LogP contribution < -0.4 is 11.5 Å². The second kappa shape index (κ2) is 19.0. The molecule has 0 bridgehead atoms. The van der Waals surface area contributed by atoms with Gasteiger partial charge in [-0.1, -0.05) is 6.92 Å². The van der Waals surface area contributed by atoms with E-state index in [1.165, 1.54) is 37.6 Å². The molecule has 0 saturated carbocycles. The number of nitrogen functional groups attached to an aromatic ring is 2. The van der Waals surface area contributed by atoms with Crippen molar-refractivity contribution < 1.29 is 73.8 Å². The molecule has 0 amide bonds. The van der Waals surface area contributed by atoms with E-state index >= 15 is 8.78 Å². The molecule has 6 rings (SSSR count). The Bertz CT molecular complexity index is 2360. The first-order valence-corrected chi connectivity index (χ1v) is 22.5. The van der Waals surface area contributed by atoms with E-state index < -0.39 is 120 Å². The van der Waals surface area contributed by atoms with Crippen molar-refractivity contribution in [1.82, 2.24) is 39.0 Å². The molecule has 0 spiro atoms. The second-order valence-electron chi connectivity index (χ2n) is 16.5. The fraction of sp³-hybridized carbons (Fsp3) is 0.657. The third-order valence-electron chi connectivity index (χ3n) is 9.70. The average Bonchev–Trinajstić information content (AvgIpc) is 3.98. The van der Waals surface area contributed by atoms with Gasteiger partial charge in [-0.2, -0.15) is 0 Å². The molecule has 2 saturated heterocycles. The van der Waals surface area contributed by atoms with E-state index in [2.05, 4.69) is 29.9 Å². The lowest BCUT2D eigenvalue weighted by atomic mass is 9.98. The molecular formula is C35H50F2N10O14P2. The number of aromatic nitrogens is 8. The Kier molecular flexibility index (Phi) is 14.5. The first kappa shape index (κ1) is 48.1. The number of nitrogens with two attached hydrogens (primary N) is 2. The number of alkyl halides is 2. The van der Waals surface area contributed by atoms with Crippen molar-refractivity contribution in [3.05, 3.63) is 25.3 Å². The van der Waals surface area contributed by atoms with Gasteiger partial charge in [-0.25, -0.2) is 47.8 Å². The van der Waals surface area contributed by atoms with Crippen molar-refractivity contribution in [2.24, 2.45) is 16.7 Å². The van der Waals surface area contributed by atoms with Crippen molar-refractivity contribution >= 4 is 61.3 Å². The lowest BCUT2D eigenvalue weighted by Gasteiger charge is -2.27. The zero-order chi connectivity index (χ0) is 46.1. The van der Waals surface area contributed by atoms with Gasteiger partial charge in [0, 0.05) is 13.0 Å². The normalized spacial score (nSPS) is 26.2. The van der Waals surface area contributed by atoms with Crippen molar-refractivity contribution in [2.75, 3.05) is 51.7 Å². The van der Waals surface area contributed by atoms with Crippen LogP contribution in [0, 0.1) is 16.7 Å². The van der Waals surface area contributed by atoms with E-state index in [-0.39, 0.29) is 34.0 Å². The fourth-order valence-electron chi connectivity index (χ4n) is 6.15. The topological polar surface area (TPSA) is 300 Å². The highest BCUT2D eigenvalue weighted by atomic mass is 31.2. The molecule has 0 aromatic carbocycles. The minimum Gasteiger partial charge on any atom is -0.438 e. The molecule has 4 aromatic heterocycles. The van der Waals surface area contributed by atoms with Gasteiger partial charge < -0.3 is 39.7 Å². The number of fused-ring (bicyclic) bond motifs is 2. The summed E-state index contributed by atoms with van der Waals surface area (Å²) in [7, 11) is -8.23. The number of carbonyl (C=O) groups is 2. The lowest BCUT2D eigenvalue weighted by Crippen LogP contribution is -2.35. The number of nitrogens with zero attached hydrogens (tertiary/aromatic N) is 8. The molecule has 24 nitrogen and oxygen atoms in total. The smallest absolute Gasteiger partial charge is 0.438 e. The first-order valence-electron chi connectivity index (χ1n) is 19.3. The molecule has 10 atom stereocenters. The predicted molar refractivity (Wildman–Crippen MR) is 213 cm³/mol. The maximum atomic E-state index is 17.0. The highest BCUT2D eigenvalue weighted by Gasteiger charge is 2.53. The van der Waals surface area contributed by atoms with Crippen molar-refractivity contribution in [3.63, 3.8) is 0 Å². The standard InChI is InChI=1S/C35H50F2N10O14P2/c1-18-19(59-30(21(18)36)46-13-44-23-26(38)40-11-42-28(23)46)9-56-63(51,58-16-54-33(49)35(5,6)7)61-25-20(10-55-62(50,17-52-8)57-15-53-32(48)34(2,3)4)60-31(22(25)37)47-14-45-24-27(39)41-12-43-29(24)47/h11-14,18-22,25,30-31H,9-10,15-17H2,1-8H3,(H2,38,40,42)(H2,39,41,43)/t18-,19-,20-,21-,22-,25-,30-,31-,62?,63?/m1/s1. The third kappa shape index (κ3) is 10.8. The van der Waals surface area contributed by atoms with Crippen LogP contribution in [0.25, 0.3) is 22.3 Å². The number of phosphoric ester groups is 1. The number of hydrogen-bond acceptors (Lipinski definition) is 22. The summed E-state index contributed by atoms with van der Waals surface area (Å²) in [4.78, 5) is 49.4. The monoisotopic (exact) mass is 934 g/mol. The quantitative estimate of drug-likeness (QED) is 0.0794. The van der Waals surface area contributed by atoms with Crippen LogP contribution in [0.1, 0.15) is 60.9 Å². The number of hydrogen-bond donors (Lipinski definition) is 2. The molecule has 6 heterocycles. The summed E-state index contributed by atoms with van der Waals surface area (Å²) in [5, 5.41) is 0. The number of phosphoric acid groups is 1. The summed E-state index contributed by atoms with van der Waals surface area (Å²) in [6.07, 6.45) is -7.56. The van der Waals surface area contributed by atoms with Crippen LogP contribution in [-0.4, -0.2) is 122 Å². The average molecular weight is 935 g/mol. The lowest BCUT2D eigenvalue weighted by molar-refractivity contribution is -0.161. The highest BCUT2D eigenvalue weighted by Crippen LogP contribution is 2.56.